The molecule has 5 heteroatoms. The lowest BCUT2D eigenvalue weighted by atomic mass is 10.0. The molecule has 0 heterocycles. The van der Waals surface area contributed by atoms with Crippen molar-refractivity contribution < 1.29 is 19.1 Å². The maximum Gasteiger partial charge on any atom is 0.407 e. The molecule has 1 N–H and O–H groups in total. The first-order chi connectivity index (χ1) is 10.9. The molecule has 0 spiro atoms. The fourth-order valence-electron chi connectivity index (χ4n) is 2.09. The fraction of sp³-hybridized carbons (Fsp3) is 0.889. The molecule has 1 atom stereocenters. The van der Waals surface area contributed by atoms with Crippen molar-refractivity contribution in [3.05, 3.63) is 0 Å². The van der Waals surface area contributed by atoms with Crippen LogP contribution < -0.4 is 5.32 Å². The van der Waals surface area contributed by atoms with Gasteiger partial charge >= 0.3 is 12.1 Å². The molecule has 5 nitrogen and oxygen atoms in total. The number of hydrogen-bond acceptors (Lipinski definition) is 4. The maximum absolute atomic E-state index is 12.1. The van der Waals surface area contributed by atoms with E-state index in [0.29, 0.717) is 19.6 Å². The van der Waals surface area contributed by atoms with E-state index in [1.54, 1.807) is 0 Å². The minimum atomic E-state index is -0.634. The highest BCUT2D eigenvalue weighted by atomic mass is 16.6. The molecule has 0 fully saturated rings. The lowest BCUT2D eigenvalue weighted by Gasteiger charge is -2.19. The summed E-state index contributed by atoms with van der Waals surface area (Å²) >= 11 is 0. The number of ether oxygens (including phenoxy) is 2. The molecule has 136 valence electrons. The smallest absolute Gasteiger partial charge is 0.407 e. The van der Waals surface area contributed by atoms with Gasteiger partial charge < -0.3 is 14.8 Å². The van der Waals surface area contributed by atoms with Gasteiger partial charge in [-0.3, -0.25) is 0 Å². The Morgan fingerprint density at radius 2 is 1.57 bits per heavy atom. The first-order valence-corrected chi connectivity index (χ1v) is 8.96. The van der Waals surface area contributed by atoms with E-state index in [-0.39, 0.29) is 17.8 Å². The van der Waals surface area contributed by atoms with Crippen LogP contribution in [0.3, 0.4) is 0 Å². The molecular formula is C18H35NO4. The monoisotopic (exact) mass is 329 g/mol. The normalized spacial score (nSPS) is 12.3. The van der Waals surface area contributed by atoms with E-state index in [1.807, 2.05) is 27.7 Å². The Morgan fingerprint density at radius 3 is 2.13 bits per heavy atom. The summed E-state index contributed by atoms with van der Waals surface area (Å²) < 4.78 is 10.4. The van der Waals surface area contributed by atoms with Crippen LogP contribution in [0.2, 0.25) is 0 Å². The van der Waals surface area contributed by atoms with Crippen molar-refractivity contribution in [3.8, 4) is 0 Å². The number of unbranched alkanes of at least 4 members (excludes halogenated alkanes) is 4. The van der Waals surface area contributed by atoms with Crippen LogP contribution >= 0.6 is 0 Å². The van der Waals surface area contributed by atoms with E-state index in [0.717, 1.165) is 12.8 Å². The minimum absolute atomic E-state index is 0.263. The summed E-state index contributed by atoms with van der Waals surface area (Å²) in [6, 6.07) is -0.634. The van der Waals surface area contributed by atoms with Crippen molar-refractivity contribution in [2.24, 2.45) is 11.8 Å². The van der Waals surface area contributed by atoms with Gasteiger partial charge in [0.1, 0.15) is 6.04 Å². The first kappa shape index (κ1) is 21.7. The molecule has 0 rings (SSSR count). The predicted molar refractivity (Wildman–Crippen MR) is 92.3 cm³/mol. The Hall–Kier alpha value is -1.26. The molecule has 0 aromatic heterocycles. The molecule has 0 saturated carbocycles. The SMILES string of the molecule is CCCCCCCOC(=O)[C@H](CC(C)C)NC(=O)OCC(C)C. The van der Waals surface area contributed by atoms with E-state index in [2.05, 4.69) is 12.2 Å². The quantitative estimate of drug-likeness (QED) is 0.428. The van der Waals surface area contributed by atoms with Crippen LogP contribution in [0.5, 0.6) is 0 Å². The minimum Gasteiger partial charge on any atom is -0.464 e. The summed E-state index contributed by atoms with van der Waals surface area (Å²) in [4.78, 5) is 23.9. The van der Waals surface area contributed by atoms with Crippen LogP contribution in [-0.2, 0) is 14.3 Å². The van der Waals surface area contributed by atoms with Gasteiger partial charge in [0.25, 0.3) is 0 Å². The average Bonchev–Trinajstić information content (AvgIpc) is 2.47. The van der Waals surface area contributed by atoms with Crippen LogP contribution in [0.25, 0.3) is 0 Å². The molecule has 0 aromatic rings. The highest BCUT2D eigenvalue weighted by molar-refractivity contribution is 5.81. The summed E-state index contributed by atoms with van der Waals surface area (Å²) in [6.45, 7) is 10.9. The van der Waals surface area contributed by atoms with Gasteiger partial charge in [-0.15, -0.1) is 0 Å². The predicted octanol–water partition coefficient (Wildman–Crippen LogP) is 4.30. The molecule has 0 aliphatic heterocycles. The fourth-order valence-corrected chi connectivity index (χ4v) is 2.09. The number of nitrogens with one attached hydrogen (secondary N) is 1. The Bertz CT molecular complexity index is 329. The topological polar surface area (TPSA) is 64.6 Å². The Balaban J connectivity index is 4.19. The third-order valence-electron chi connectivity index (χ3n) is 3.32. The Labute approximate surface area is 141 Å². The number of hydrogen-bond donors (Lipinski definition) is 1. The molecule has 1 amide bonds. The Morgan fingerprint density at radius 1 is 0.913 bits per heavy atom. The summed E-state index contributed by atoms with van der Waals surface area (Å²) in [5.41, 5.74) is 0. The second-order valence-electron chi connectivity index (χ2n) is 6.90. The van der Waals surface area contributed by atoms with Crippen LogP contribution in [0.1, 0.15) is 73.1 Å². The molecule has 0 aliphatic carbocycles. The first-order valence-electron chi connectivity index (χ1n) is 8.96. The maximum atomic E-state index is 12.1. The number of alkyl carbamates (subject to hydrolysis) is 1. The second-order valence-corrected chi connectivity index (χ2v) is 6.90. The van der Waals surface area contributed by atoms with Gasteiger partial charge in [0.05, 0.1) is 13.2 Å². The molecular weight excluding hydrogens is 294 g/mol. The van der Waals surface area contributed by atoms with Gasteiger partial charge in [-0.25, -0.2) is 9.59 Å². The summed E-state index contributed by atoms with van der Waals surface area (Å²) in [5.74, 6) is 0.178. The zero-order valence-electron chi connectivity index (χ0n) is 15.5. The van der Waals surface area contributed by atoms with E-state index in [1.165, 1.54) is 19.3 Å². The van der Waals surface area contributed by atoms with Gasteiger partial charge in [0.15, 0.2) is 0 Å². The highest BCUT2D eigenvalue weighted by Gasteiger charge is 2.24. The van der Waals surface area contributed by atoms with Crippen molar-refractivity contribution >= 4 is 12.1 Å². The molecule has 0 radical (unpaired) electrons. The summed E-state index contributed by atoms with van der Waals surface area (Å²) in [7, 11) is 0. The zero-order chi connectivity index (χ0) is 17.7. The molecule has 23 heavy (non-hydrogen) atoms. The van der Waals surface area contributed by atoms with E-state index < -0.39 is 12.1 Å². The highest BCUT2D eigenvalue weighted by Crippen LogP contribution is 2.08. The number of rotatable bonds is 12. The summed E-state index contributed by atoms with van der Waals surface area (Å²) in [5, 5.41) is 2.63. The van der Waals surface area contributed by atoms with Gasteiger partial charge in [-0.1, -0.05) is 60.3 Å². The van der Waals surface area contributed by atoms with Crippen LogP contribution in [-0.4, -0.2) is 31.3 Å². The second kappa shape index (κ2) is 13.2. The van der Waals surface area contributed by atoms with Crippen LogP contribution in [0.4, 0.5) is 4.79 Å². The van der Waals surface area contributed by atoms with Crippen molar-refractivity contribution in [2.45, 2.75) is 79.2 Å². The van der Waals surface area contributed by atoms with Crippen molar-refractivity contribution in [1.29, 1.82) is 0 Å². The van der Waals surface area contributed by atoms with E-state index >= 15 is 0 Å². The number of carbonyl (C=O) groups excluding carboxylic acids is 2. The van der Waals surface area contributed by atoms with Gasteiger partial charge in [0, 0.05) is 0 Å². The standard InChI is InChI=1S/C18H35NO4/c1-6-7-8-9-10-11-22-17(20)16(12-14(2)3)19-18(21)23-13-15(4)5/h14-16H,6-13H2,1-5H3,(H,19,21)/t16-/m0/s1. The van der Waals surface area contributed by atoms with Crippen molar-refractivity contribution in [2.75, 3.05) is 13.2 Å². The third-order valence-corrected chi connectivity index (χ3v) is 3.32. The van der Waals surface area contributed by atoms with Crippen molar-refractivity contribution in [3.63, 3.8) is 0 Å². The molecule has 0 unspecified atom stereocenters. The van der Waals surface area contributed by atoms with Gasteiger partial charge in [0.2, 0.25) is 0 Å². The molecule has 0 bridgehead atoms. The third kappa shape index (κ3) is 12.9. The lowest BCUT2D eigenvalue weighted by Crippen LogP contribution is -2.43. The summed E-state index contributed by atoms with van der Waals surface area (Å²) in [6.07, 6.45) is 5.52. The number of amides is 1. The molecule has 0 aliphatic rings. The largest absolute Gasteiger partial charge is 0.464 e. The van der Waals surface area contributed by atoms with Crippen LogP contribution in [0.15, 0.2) is 0 Å². The van der Waals surface area contributed by atoms with Gasteiger partial charge in [-0.2, -0.15) is 0 Å². The lowest BCUT2D eigenvalue weighted by molar-refractivity contribution is -0.146. The van der Waals surface area contributed by atoms with Crippen molar-refractivity contribution in [1.82, 2.24) is 5.32 Å². The Kier molecular flexibility index (Phi) is 12.5. The number of esters is 1. The van der Waals surface area contributed by atoms with Gasteiger partial charge in [-0.05, 0) is 24.7 Å². The average molecular weight is 329 g/mol. The van der Waals surface area contributed by atoms with Crippen LogP contribution in [0, 0.1) is 11.8 Å². The molecule has 0 aromatic carbocycles. The number of carbonyl (C=O) groups is 2. The van der Waals surface area contributed by atoms with E-state index in [9.17, 15) is 9.59 Å². The zero-order valence-corrected chi connectivity index (χ0v) is 15.5. The van der Waals surface area contributed by atoms with E-state index in [4.69, 9.17) is 9.47 Å². The molecule has 0 saturated heterocycles.